The number of hydrogen-bond acceptors (Lipinski definition) is 3. The van der Waals surface area contributed by atoms with Gasteiger partial charge >= 0.3 is 0 Å². The van der Waals surface area contributed by atoms with Gasteiger partial charge in [0.2, 0.25) is 0 Å². The van der Waals surface area contributed by atoms with E-state index in [4.69, 9.17) is 4.74 Å². The van der Waals surface area contributed by atoms with Crippen molar-refractivity contribution in [3.8, 4) is 5.75 Å². The lowest BCUT2D eigenvalue weighted by Gasteiger charge is -2.37. The van der Waals surface area contributed by atoms with Gasteiger partial charge in [0.25, 0.3) is 0 Å². The summed E-state index contributed by atoms with van der Waals surface area (Å²) in [4.78, 5) is 0. The van der Waals surface area contributed by atoms with Gasteiger partial charge < -0.3 is 15.2 Å². The number of ether oxygens (including phenoxy) is 1. The molecule has 2 aliphatic heterocycles. The zero-order chi connectivity index (χ0) is 12.8. The third-order valence-electron chi connectivity index (χ3n) is 4.19. The van der Waals surface area contributed by atoms with Crippen LogP contribution in [0.25, 0.3) is 0 Å². The minimum absolute atomic E-state index is 0.201. The maximum atomic E-state index is 13.4. The molecule has 3 rings (SSSR count). The number of rotatable bonds is 2. The molecule has 2 aliphatic rings. The van der Waals surface area contributed by atoms with E-state index in [2.05, 4.69) is 5.32 Å². The summed E-state index contributed by atoms with van der Waals surface area (Å²) in [6.45, 7) is 0. The second-order valence-electron chi connectivity index (χ2n) is 5.43. The number of fused-ring (bicyclic) bond motifs is 2. The molecule has 3 nitrogen and oxygen atoms in total. The molecule has 2 N–H and O–H groups in total. The van der Waals surface area contributed by atoms with Crippen LogP contribution >= 0.6 is 0 Å². The monoisotopic (exact) mass is 251 g/mol. The summed E-state index contributed by atoms with van der Waals surface area (Å²) in [6.07, 6.45) is 3.62. The second-order valence-corrected chi connectivity index (χ2v) is 5.43. The van der Waals surface area contributed by atoms with E-state index >= 15 is 0 Å². The van der Waals surface area contributed by atoms with Gasteiger partial charge in [-0.1, -0.05) is 6.07 Å². The molecule has 2 atom stereocenters. The predicted octanol–water partition coefficient (Wildman–Crippen LogP) is 1.94. The van der Waals surface area contributed by atoms with E-state index in [1.807, 2.05) is 0 Å². The van der Waals surface area contributed by atoms with Gasteiger partial charge in [-0.25, -0.2) is 4.39 Å². The minimum Gasteiger partial charge on any atom is -0.494 e. The van der Waals surface area contributed by atoms with Gasteiger partial charge in [-0.3, -0.25) is 0 Å². The Hall–Kier alpha value is -1.13. The predicted molar refractivity (Wildman–Crippen MR) is 66.0 cm³/mol. The average Bonchev–Trinajstić information content (AvgIpc) is 2.69. The van der Waals surface area contributed by atoms with Crippen LogP contribution in [0.3, 0.4) is 0 Å². The lowest BCUT2D eigenvalue weighted by atomic mass is 9.81. The van der Waals surface area contributed by atoms with Crippen LogP contribution in [-0.4, -0.2) is 24.3 Å². The summed E-state index contributed by atoms with van der Waals surface area (Å²) in [5.41, 5.74) is -0.0860. The second kappa shape index (κ2) is 4.21. The number of halogens is 1. The quantitative estimate of drug-likeness (QED) is 0.844. The molecule has 1 aromatic carbocycles. The molecule has 2 saturated heterocycles. The van der Waals surface area contributed by atoms with Gasteiger partial charge in [0.15, 0.2) is 11.6 Å². The first-order valence-electron chi connectivity index (χ1n) is 6.43. The van der Waals surface area contributed by atoms with Crippen molar-refractivity contribution < 1.29 is 14.2 Å². The van der Waals surface area contributed by atoms with Crippen molar-refractivity contribution in [1.82, 2.24) is 5.32 Å². The van der Waals surface area contributed by atoms with Crippen molar-refractivity contribution in [2.75, 3.05) is 7.11 Å². The molecule has 0 saturated carbocycles. The Morgan fingerprint density at radius 3 is 2.61 bits per heavy atom. The SMILES string of the molecule is COc1cc(C2(O)CC3CCC(C2)N3)ccc1F. The summed E-state index contributed by atoms with van der Waals surface area (Å²) in [5.74, 6) is -0.187. The fraction of sp³-hybridized carbons (Fsp3) is 0.571. The molecule has 4 heteroatoms. The van der Waals surface area contributed by atoms with E-state index in [0.717, 1.165) is 18.4 Å². The van der Waals surface area contributed by atoms with E-state index < -0.39 is 5.60 Å². The lowest BCUT2D eigenvalue weighted by Crippen LogP contribution is -2.46. The number of nitrogens with one attached hydrogen (secondary N) is 1. The Kier molecular flexibility index (Phi) is 2.79. The Morgan fingerprint density at radius 2 is 2.00 bits per heavy atom. The molecule has 0 aromatic heterocycles. The van der Waals surface area contributed by atoms with Crippen molar-refractivity contribution in [3.05, 3.63) is 29.6 Å². The molecule has 2 fully saturated rings. The molecule has 2 bridgehead atoms. The highest BCUT2D eigenvalue weighted by Crippen LogP contribution is 2.41. The normalized spacial score (nSPS) is 34.6. The van der Waals surface area contributed by atoms with Crippen LogP contribution in [-0.2, 0) is 5.60 Å². The molecular formula is C14H18FNO2. The third-order valence-corrected chi connectivity index (χ3v) is 4.19. The van der Waals surface area contributed by atoms with E-state index in [9.17, 15) is 9.50 Å². The van der Waals surface area contributed by atoms with Crippen molar-refractivity contribution >= 4 is 0 Å². The molecule has 1 aromatic rings. The summed E-state index contributed by atoms with van der Waals surface area (Å²) in [5, 5.41) is 14.3. The largest absolute Gasteiger partial charge is 0.494 e. The average molecular weight is 251 g/mol. The van der Waals surface area contributed by atoms with Crippen molar-refractivity contribution in [3.63, 3.8) is 0 Å². The summed E-state index contributed by atoms with van der Waals surface area (Å²) in [7, 11) is 1.44. The number of piperidine rings is 1. The molecule has 0 spiro atoms. The van der Waals surface area contributed by atoms with E-state index in [1.165, 1.54) is 13.2 Å². The van der Waals surface area contributed by atoms with Gasteiger partial charge in [0, 0.05) is 12.1 Å². The summed E-state index contributed by atoms with van der Waals surface area (Å²) in [6, 6.07) is 5.42. The number of benzene rings is 1. The third kappa shape index (κ3) is 1.89. The number of hydrogen-bond donors (Lipinski definition) is 2. The Morgan fingerprint density at radius 1 is 1.33 bits per heavy atom. The molecular weight excluding hydrogens is 233 g/mol. The Bertz CT molecular complexity index is 451. The van der Waals surface area contributed by atoms with Crippen LogP contribution in [0.2, 0.25) is 0 Å². The fourth-order valence-electron chi connectivity index (χ4n) is 3.31. The van der Waals surface area contributed by atoms with Crippen molar-refractivity contribution in [2.45, 2.75) is 43.4 Å². The number of aliphatic hydroxyl groups is 1. The van der Waals surface area contributed by atoms with E-state index in [-0.39, 0.29) is 11.6 Å². The van der Waals surface area contributed by atoms with Gasteiger partial charge in [-0.2, -0.15) is 0 Å². The topological polar surface area (TPSA) is 41.5 Å². The zero-order valence-electron chi connectivity index (χ0n) is 10.4. The lowest BCUT2D eigenvalue weighted by molar-refractivity contribution is -0.0116. The highest BCUT2D eigenvalue weighted by molar-refractivity contribution is 5.34. The van der Waals surface area contributed by atoms with Crippen LogP contribution in [0, 0.1) is 5.82 Å². The van der Waals surface area contributed by atoms with Crippen LogP contribution in [0.15, 0.2) is 18.2 Å². The first kappa shape index (κ1) is 11.9. The number of methoxy groups -OCH3 is 1. The molecule has 98 valence electrons. The van der Waals surface area contributed by atoms with E-state index in [1.54, 1.807) is 12.1 Å². The Labute approximate surface area is 106 Å². The first-order chi connectivity index (χ1) is 8.60. The molecule has 2 unspecified atom stereocenters. The smallest absolute Gasteiger partial charge is 0.165 e. The minimum atomic E-state index is -0.849. The van der Waals surface area contributed by atoms with Crippen LogP contribution in [0.5, 0.6) is 5.75 Å². The molecule has 2 heterocycles. The maximum absolute atomic E-state index is 13.4. The highest BCUT2D eigenvalue weighted by Gasteiger charge is 2.43. The standard InChI is InChI=1S/C14H18FNO2/c1-18-13-6-9(2-5-12(13)15)14(17)7-10-3-4-11(8-14)16-10/h2,5-6,10-11,16-17H,3-4,7-8H2,1H3. The van der Waals surface area contributed by atoms with Gasteiger partial charge in [0.1, 0.15) is 0 Å². The van der Waals surface area contributed by atoms with Crippen molar-refractivity contribution in [2.24, 2.45) is 0 Å². The maximum Gasteiger partial charge on any atom is 0.165 e. The molecule has 0 radical (unpaired) electrons. The van der Waals surface area contributed by atoms with Gasteiger partial charge in [-0.05, 0) is 43.4 Å². The van der Waals surface area contributed by atoms with Gasteiger partial charge in [-0.15, -0.1) is 0 Å². The zero-order valence-corrected chi connectivity index (χ0v) is 10.4. The Balaban J connectivity index is 1.93. The summed E-state index contributed by atoms with van der Waals surface area (Å²) < 4.78 is 18.4. The highest BCUT2D eigenvalue weighted by atomic mass is 19.1. The van der Waals surface area contributed by atoms with Gasteiger partial charge in [0.05, 0.1) is 12.7 Å². The van der Waals surface area contributed by atoms with Crippen LogP contribution in [0.1, 0.15) is 31.2 Å². The van der Waals surface area contributed by atoms with E-state index in [0.29, 0.717) is 24.9 Å². The molecule has 0 aliphatic carbocycles. The fourth-order valence-corrected chi connectivity index (χ4v) is 3.31. The molecule has 18 heavy (non-hydrogen) atoms. The van der Waals surface area contributed by atoms with Crippen LogP contribution < -0.4 is 10.1 Å². The van der Waals surface area contributed by atoms with Crippen molar-refractivity contribution in [1.29, 1.82) is 0 Å². The molecule has 0 amide bonds. The summed E-state index contributed by atoms with van der Waals surface area (Å²) >= 11 is 0. The van der Waals surface area contributed by atoms with Crippen LogP contribution in [0.4, 0.5) is 4.39 Å². The first-order valence-corrected chi connectivity index (χ1v) is 6.43.